The molecule has 0 aliphatic heterocycles. The molecule has 0 saturated carbocycles. The van der Waals surface area contributed by atoms with Gasteiger partial charge >= 0.3 is 0 Å². The Hall–Kier alpha value is -1.02. The van der Waals surface area contributed by atoms with Gasteiger partial charge in [0.05, 0.1) is 0 Å². The summed E-state index contributed by atoms with van der Waals surface area (Å²) in [6, 6.07) is 16.5. The first-order valence-corrected chi connectivity index (χ1v) is 7.00. The van der Waals surface area contributed by atoms with Gasteiger partial charge < -0.3 is 40.1 Å². The van der Waals surface area contributed by atoms with E-state index >= 15 is 0 Å². The fraction of sp³-hybridized carbons (Fsp3) is 0.412. The van der Waals surface area contributed by atoms with Gasteiger partial charge in [0.15, 0.2) is 0 Å². The summed E-state index contributed by atoms with van der Waals surface area (Å²) in [6.07, 6.45) is 0. The molecule has 0 bridgehead atoms. The minimum atomic E-state index is 0. The molecule has 0 aliphatic rings. The van der Waals surface area contributed by atoms with Gasteiger partial charge in [-0.2, -0.15) is 12.1 Å². The van der Waals surface area contributed by atoms with E-state index in [2.05, 4.69) is 55.9 Å². The van der Waals surface area contributed by atoms with Crippen LogP contribution in [0.4, 0.5) is 5.69 Å². The minimum Gasteiger partial charge on any atom is -0.748 e. The molecule has 2 aromatic rings. The molecule has 0 atom stereocenters. The van der Waals surface area contributed by atoms with Gasteiger partial charge in [0.25, 0.3) is 0 Å². The number of hydrogen-bond donors (Lipinski definition) is 0. The SMILES string of the molecule is CCN(CC)C[c-]1cccc1N(C)C.[Fe].[cH-]1[cH-][cH-][cH-][cH-]1. The maximum absolute atomic E-state index is 2.43. The van der Waals surface area contributed by atoms with Crippen molar-refractivity contribution in [2.45, 2.75) is 20.4 Å². The Balaban J connectivity index is 0.000000507. The van der Waals surface area contributed by atoms with E-state index in [4.69, 9.17) is 0 Å². The zero-order chi connectivity index (χ0) is 14.1. The van der Waals surface area contributed by atoms with Gasteiger partial charge in [0.1, 0.15) is 0 Å². The van der Waals surface area contributed by atoms with Crippen LogP contribution in [0.15, 0.2) is 48.5 Å². The second-order valence-corrected chi connectivity index (χ2v) is 4.75. The smallest absolute Gasteiger partial charge is 0.00394 e. The first kappa shape index (κ1) is 19.0. The van der Waals surface area contributed by atoms with Gasteiger partial charge in [-0.15, -0.1) is 5.56 Å². The molecule has 0 aromatic heterocycles. The van der Waals surface area contributed by atoms with Crippen LogP contribution in [-0.4, -0.2) is 32.1 Å². The second-order valence-electron chi connectivity index (χ2n) is 4.75. The molecule has 0 amide bonds. The van der Waals surface area contributed by atoms with Crippen molar-refractivity contribution in [1.29, 1.82) is 0 Å². The Morgan fingerprint density at radius 2 is 1.50 bits per heavy atom. The van der Waals surface area contributed by atoms with Crippen molar-refractivity contribution in [2.75, 3.05) is 32.1 Å². The van der Waals surface area contributed by atoms with Crippen LogP contribution in [0.5, 0.6) is 0 Å². The van der Waals surface area contributed by atoms with E-state index in [1.165, 1.54) is 11.3 Å². The maximum atomic E-state index is 2.43. The molecule has 2 rings (SSSR count). The Morgan fingerprint density at radius 3 is 1.90 bits per heavy atom. The third-order valence-electron chi connectivity index (χ3n) is 3.21. The van der Waals surface area contributed by atoms with E-state index in [0.717, 1.165) is 19.6 Å². The van der Waals surface area contributed by atoms with Crippen LogP contribution in [-0.2, 0) is 23.6 Å². The monoisotopic (exact) mass is 314 g/mol. The molecule has 0 fully saturated rings. The zero-order valence-electron chi connectivity index (χ0n) is 13.0. The average molecular weight is 314 g/mol. The van der Waals surface area contributed by atoms with E-state index in [1.54, 1.807) is 0 Å². The molecule has 2 nitrogen and oxygen atoms in total. The molecule has 0 spiro atoms. The van der Waals surface area contributed by atoms with Gasteiger partial charge in [-0.3, -0.25) is 0 Å². The fourth-order valence-corrected chi connectivity index (χ4v) is 2.03. The molecule has 0 N–H and O–H groups in total. The second kappa shape index (κ2) is 10.7. The van der Waals surface area contributed by atoms with Crippen molar-refractivity contribution in [2.24, 2.45) is 0 Å². The summed E-state index contributed by atoms with van der Waals surface area (Å²) < 4.78 is 0. The summed E-state index contributed by atoms with van der Waals surface area (Å²) in [4.78, 5) is 4.61. The molecule has 3 heteroatoms. The van der Waals surface area contributed by atoms with Gasteiger partial charge in [-0.05, 0) is 19.6 Å². The fourth-order valence-electron chi connectivity index (χ4n) is 2.03. The van der Waals surface area contributed by atoms with Crippen molar-refractivity contribution < 1.29 is 17.1 Å². The van der Waals surface area contributed by atoms with Crippen LogP contribution in [0.25, 0.3) is 0 Å². The van der Waals surface area contributed by atoms with E-state index < -0.39 is 0 Å². The number of nitrogens with zero attached hydrogens (tertiary/aromatic N) is 2. The molecule has 0 heterocycles. The quantitative estimate of drug-likeness (QED) is 0.613. The van der Waals surface area contributed by atoms with Crippen LogP contribution in [0.3, 0.4) is 0 Å². The van der Waals surface area contributed by atoms with Crippen molar-refractivity contribution >= 4 is 5.69 Å². The normalized spacial score (nSPS) is 9.65. The average Bonchev–Trinajstić information content (AvgIpc) is 3.09. The summed E-state index contributed by atoms with van der Waals surface area (Å²) in [5, 5.41) is 0. The third kappa shape index (κ3) is 6.42. The van der Waals surface area contributed by atoms with Gasteiger partial charge in [0.2, 0.25) is 0 Å². The largest absolute Gasteiger partial charge is 0.748 e. The molecule has 118 valence electrons. The van der Waals surface area contributed by atoms with Crippen LogP contribution in [0, 0.1) is 0 Å². The Kier molecular flexibility index (Phi) is 10.2. The number of rotatable bonds is 5. The van der Waals surface area contributed by atoms with Gasteiger partial charge in [0, 0.05) is 31.2 Å². The third-order valence-corrected chi connectivity index (χ3v) is 3.21. The first-order chi connectivity index (χ1) is 9.19. The number of anilines is 1. The predicted molar refractivity (Wildman–Crippen MR) is 85.0 cm³/mol. The molecule has 0 aliphatic carbocycles. The van der Waals surface area contributed by atoms with E-state index in [0.29, 0.717) is 0 Å². The summed E-state index contributed by atoms with van der Waals surface area (Å²) in [5.41, 5.74) is 2.77. The van der Waals surface area contributed by atoms with Gasteiger partial charge in [-0.1, -0.05) is 19.5 Å². The Bertz CT molecular complexity index is 397. The minimum absolute atomic E-state index is 0. The van der Waals surface area contributed by atoms with E-state index in [9.17, 15) is 0 Å². The summed E-state index contributed by atoms with van der Waals surface area (Å²) in [5.74, 6) is 0. The van der Waals surface area contributed by atoms with Gasteiger partial charge in [-0.25, -0.2) is 6.07 Å². The first-order valence-electron chi connectivity index (χ1n) is 7.00. The maximum Gasteiger partial charge on any atom is 0.00394 e. The number of hydrogen-bond acceptors (Lipinski definition) is 2. The van der Waals surface area contributed by atoms with Crippen LogP contribution in [0.2, 0.25) is 0 Å². The summed E-state index contributed by atoms with van der Waals surface area (Å²) in [7, 11) is 4.20. The van der Waals surface area contributed by atoms with Crippen LogP contribution in [0.1, 0.15) is 19.4 Å². The molecular formula is C17H26FeN2-6. The Morgan fingerprint density at radius 1 is 1.00 bits per heavy atom. The van der Waals surface area contributed by atoms with Crippen molar-refractivity contribution in [3.05, 3.63) is 54.1 Å². The van der Waals surface area contributed by atoms with E-state index in [-0.39, 0.29) is 17.1 Å². The van der Waals surface area contributed by atoms with Crippen molar-refractivity contribution in [1.82, 2.24) is 4.90 Å². The molecular weight excluding hydrogens is 288 g/mol. The molecule has 2 aromatic carbocycles. The molecule has 0 saturated heterocycles. The van der Waals surface area contributed by atoms with Crippen molar-refractivity contribution in [3.63, 3.8) is 0 Å². The zero-order valence-corrected chi connectivity index (χ0v) is 14.1. The van der Waals surface area contributed by atoms with Crippen molar-refractivity contribution in [3.8, 4) is 0 Å². The van der Waals surface area contributed by atoms with Crippen LogP contribution >= 0.6 is 0 Å². The molecule has 20 heavy (non-hydrogen) atoms. The molecule has 0 radical (unpaired) electrons. The molecule has 0 unspecified atom stereocenters. The summed E-state index contributed by atoms with van der Waals surface area (Å²) in [6.45, 7) is 7.72. The van der Waals surface area contributed by atoms with E-state index in [1.807, 2.05) is 30.3 Å². The summed E-state index contributed by atoms with van der Waals surface area (Å²) >= 11 is 0. The standard InChI is InChI=1S/C12H21N2.C5H5.Fe/c1-5-14(6-2)10-11-8-7-9-12(11)13(3)4;1-2-4-5-3-1;/h7-9H,5-6,10H2,1-4H3;1-5H;/q-1;-5;. The Labute approximate surface area is 134 Å². The topological polar surface area (TPSA) is 6.48 Å². The van der Waals surface area contributed by atoms with Crippen LogP contribution < -0.4 is 4.90 Å². The predicted octanol–water partition coefficient (Wildman–Crippen LogP) is 3.72.